The molecular formula is C13H26BrNO. The van der Waals surface area contributed by atoms with Gasteiger partial charge in [0.05, 0.1) is 5.60 Å². The van der Waals surface area contributed by atoms with Gasteiger partial charge in [-0.05, 0) is 38.6 Å². The summed E-state index contributed by atoms with van der Waals surface area (Å²) in [5.41, 5.74) is -0.122. The first-order valence-corrected chi connectivity index (χ1v) is 7.54. The Bertz CT molecular complexity index is 206. The average molecular weight is 292 g/mol. The summed E-state index contributed by atoms with van der Waals surface area (Å²) in [6.45, 7) is 8.90. The zero-order valence-electron chi connectivity index (χ0n) is 10.9. The highest BCUT2D eigenvalue weighted by atomic mass is 79.9. The van der Waals surface area contributed by atoms with Crippen molar-refractivity contribution in [3.63, 3.8) is 0 Å². The van der Waals surface area contributed by atoms with E-state index in [1.807, 2.05) is 13.8 Å². The van der Waals surface area contributed by atoms with E-state index in [0.29, 0.717) is 5.41 Å². The third kappa shape index (κ3) is 4.34. The van der Waals surface area contributed by atoms with Crippen molar-refractivity contribution in [1.29, 1.82) is 0 Å². The standard InChI is InChI=1S/C13H26BrNO/c1-4-15(10-12(2,3)16)11-13(9-14)7-5-6-8-13/h16H,4-11H2,1-3H3. The highest BCUT2D eigenvalue weighted by Crippen LogP contribution is 2.40. The SMILES string of the molecule is CCN(CC(C)(C)O)CC1(CBr)CCCC1. The fraction of sp³-hybridized carbons (Fsp3) is 1.00. The number of rotatable bonds is 6. The Labute approximate surface area is 109 Å². The van der Waals surface area contributed by atoms with Crippen LogP contribution in [0, 0.1) is 5.41 Å². The molecule has 0 bridgehead atoms. The normalized spacial score (nSPS) is 20.6. The van der Waals surface area contributed by atoms with E-state index >= 15 is 0 Å². The molecule has 1 aliphatic rings. The maximum Gasteiger partial charge on any atom is 0.0718 e. The van der Waals surface area contributed by atoms with Crippen LogP contribution in [0.1, 0.15) is 46.5 Å². The van der Waals surface area contributed by atoms with Gasteiger partial charge in [-0.15, -0.1) is 0 Å². The van der Waals surface area contributed by atoms with Crippen LogP contribution in [0.4, 0.5) is 0 Å². The van der Waals surface area contributed by atoms with Gasteiger partial charge in [0.2, 0.25) is 0 Å². The molecule has 1 fully saturated rings. The molecule has 0 aromatic rings. The zero-order valence-corrected chi connectivity index (χ0v) is 12.5. The number of alkyl halides is 1. The number of nitrogens with zero attached hydrogens (tertiary/aromatic N) is 1. The average Bonchev–Trinajstić information content (AvgIpc) is 2.64. The Morgan fingerprint density at radius 2 is 1.88 bits per heavy atom. The van der Waals surface area contributed by atoms with Gasteiger partial charge in [0.1, 0.15) is 0 Å². The highest BCUT2D eigenvalue weighted by Gasteiger charge is 2.35. The largest absolute Gasteiger partial charge is 0.389 e. The Hall–Kier alpha value is 0.400. The predicted molar refractivity (Wildman–Crippen MR) is 73.1 cm³/mol. The van der Waals surface area contributed by atoms with Gasteiger partial charge >= 0.3 is 0 Å². The first-order valence-electron chi connectivity index (χ1n) is 6.41. The van der Waals surface area contributed by atoms with Crippen molar-refractivity contribution in [2.24, 2.45) is 5.41 Å². The van der Waals surface area contributed by atoms with Crippen LogP contribution >= 0.6 is 15.9 Å². The lowest BCUT2D eigenvalue weighted by atomic mass is 9.88. The molecule has 96 valence electrons. The maximum absolute atomic E-state index is 9.90. The summed E-state index contributed by atoms with van der Waals surface area (Å²) in [6.07, 6.45) is 5.40. The van der Waals surface area contributed by atoms with Gasteiger partial charge in [0, 0.05) is 18.4 Å². The van der Waals surface area contributed by atoms with Crippen molar-refractivity contribution >= 4 is 15.9 Å². The van der Waals surface area contributed by atoms with Crippen molar-refractivity contribution in [3.05, 3.63) is 0 Å². The molecule has 16 heavy (non-hydrogen) atoms. The first-order chi connectivity index (χ1) is 7.41. The van der Waals surface area contributed by atoms with Crippen LogP contribution in [0.15, 0.2) is 0 Å². The molecule has 1 rings (SSSR count). The van der Waals surface area contributed by atoms with Crippen LogP contribution in [-0.4, -0.2) is 40.6 Å². The number of aliphatic hydroxyl groups is 1. The smallest absolute Gasteiger partial charge is 0.0718 e. The van der Waals surface area contributed by atoms with Crippen molar-refractivity contribution in [2.75, 3.05) is 25.0 Å². The highest BCUT2D eigenvalue weighted by molar-refractivity contribution is 9.09. The molecule has 0 radical (unpaired) electrons. The quantitative estimate of drug-likeness (QED) is 0.761. The molecule has 0 unspecified atom stereocenters. The second-order valence-electron chi connectivity index (χ2n) is 5.96. The summed E-state index contributed by atoms with van der Waals surface area (Å²) < 4.78 is 0. The lowest BCUT2D eigenvalue weighted by molar-refractivity contribution is 0.0253. The maximum atomic E-state index is 9.90. The lowest BCUT2D eigenvalue weighted by Crippen LogP contribution is -2.44. The van der Waals surface area contributed by atoms with E-state index < -0.39 is 5.60 Å². The summed E-state index contributed by atoms with van der Waals surface area (Å²) >= 11 is 3.68. The third-order valence-electron chi connectivity index (χ3n) is 3.56. The Balaban J connectivity index is 2.54. The number of halogens is 1. The minimum absolute atomic E-state index is 0.460. The molecule has 0 aromatic carbocycles. The van der Waals surface area contributed by atoms with Crippen molar-refractivity contribution in [3.8, 4) is 0 Å². The second kappa shape index (κ2) is 5.83. The van der Waals surface area contributed by atoms with Crippen molar-refractivity contribution < 1.29 is 5.11 Å². The lowest BCUT2D eigenvalue weighted by Gasteiger charge is -2.36. The van der Waals surface area contributed by atoms with E-state index in [4.69, 9.17) is 0 Å². The fourth-order valence-corrected chi connectivity index (χ4v) is 3.50. The number of likely N-dealkylation sites (N-methyl/N-ethyl adjacent to an activating group) is 1. The van der Waals surface area contributed by atoms with Gasteiger partial charge < -0.3 is 10.0 Å². The van der Waals surface area contributed by atoms with E-state index in [1.165, 1.54) is 25.7 Å². The molecule has 2 nitrogen and oxygen atoms in total. The Morgan fingerprint density at radius 1 is 1.31 bits per heavy atom. The molecule has 1 aliphatic carbocycles. The van der Waals surface area contributed by atoms with Gasteiger partial charge in [-0.25, -0.2) is 0 Å². The Kier molecular flexibility index (Phi) is 5.27. The van der Waals surface area contributed by atoms with Crippen LogP contribution in [0.2, 0.25) is 0 Å². The van der Waals surface area contributed by atoms with E-state index in [1.54, 1.807) is 0 Å². The van der Waals surface area contributed by atoms with Gasteiger partial charge in [0.15, 0.2) is 0 Å². The summed E-state index contributed by atoms with van der Waals surface area (Å²) in [5, 5.41) is 11.0. The van der Waals surface area contributed by atoms with Crippen molar-refractivity contribution in [1.82, 2.24) is 4.90 Å². The van der Waals surface area contributed by atoms with Crippen LogP contribution in [0.5, 0.6) is 0 Å². The zero-order chi connectivity index (χ0) is 12.2. The number of hydrogen-bond donors (Lipinski definition) is 1. The van der Waals surface area contributed by atoms with Crippen LogP contribution in [-0.2, 0) is 0 Å². The Morgan fingerprint density at radius 3 is 2.25 bits per heavy atom. The van der Waals surface area contributed by atoms with Gasteiger partial charge in [-0.3, -0.25) is 0 Å². The van der Waals surface area contributed by atoms with E-state index in [9.17, 15) is 5.11 Å². The predicted octanol–water partition coefficient (Wildman–Crippen LogP) is 3.03. The number of hydrogen-bond acceptors (Lipinski definition) is 2. The van der Waals surface area contributed by atoms with Crippen LogP contribution in [0.3, 0.4) is 0 Å². The summed E-state index contributed by atoms with van der Waals surface area (Å²) in [7, 11) is 0. The second-order valence-corrected chi connectivity index (χ2v) is 6.52. The molecule has 0 atom stereocenters. The van der Waals surface area contributed by atoms with Crippen LogP contribution < -0.4 is 0 Å². The summed E-state index contributed by atoms with van der Waals surface area (Å²) in [5.74, 6) is 0. The minimum Gasteiger partial charge on any atom is -0.389 e. The molecule has 1 saturated carbocycles. The molecule has 3 heteroatoms. The molecule has 0 aliphatic heterocycles. The first kappa shape index (κ1) is 14.5. The van der Waals surface area contributed by atoms with E-state index in [-0.39, 0.29) is 0 Å². The van der Waals surface area contributed by atoms with Gasteiger partial charge in [-0.1, -0.05) is 35.7 Å². The molecule has 1 N–H and O–H groups in total. The van der Waals surface area contributed by atoms with Gasteiger partial charge in [0.25, 0.3) is 0 Å². The van der Waals surface area contributed by atoms with Crippen molar-refractivity contribution in [2.45, 2.75) is 52.1 Å². The molecule has 0 amide bonds. The van der Waals surface area contributed by atoms with E-state index in [0.717, 1.165) is 25.0 Å². The monoisotopic (exact) mass is 291 g/mol. The van der Waals surface area contributed by atoms with E-state index in [2.05, 4.69) is 27.8 Å². The van der Waals surface area contributed by atoms with Gasteiger partial charge in [-0.2, -0.15) is 0 Å². The minimum atomic E-state index is -0.581. The summed E-state index contributed by atoms with van der Waals surface area (Å²) in [4.78, 5) is 2.40. The molecule has 0 heterocycles. The third-order valence-corrected chi connectivity index (χ3v) is 4.75. The topological polar surface area (TPSA) is 23.5 Å². The van der Waals surface area contributed by atoms with Crippen LogP contribution in [0.25, 0.3) is 0 Å². The fourth-order valence-electron chi connectivity index (χ4n) is 2.76. The molecule has 0 saturated heterocycles. The molecular weight excluding hydrogens is 266 g/mol. The molecule has 0 aromatic heterocycles. The summed E-state index contributed by atoms with van der Waals surface area (Å²) in [6, 6.07) is 0. The molecule has 0 spiro atoms.